The van der Waals surface area contributed by atoms with Gasteiger partial charge in [0.05, 0.1) is 19.2 Å². The first kappa shape index (κ1) is 49.2. The van der Waals surface area contributed by atoms with Crippen LogP contribution in [0.3, 0.4) is 0 Å². The second-order valence-corrected chi connectivity index (χ2v) is 16.2. The molecule has 0 unspecified atom stereocenters. The lowest BCUT2D eigenvalue weighted by Crippen LogP contribution is -2.66. The molecule has 0 aliphatic carbocycles. The van der Waals surface area contributed by atoms with Crippen molar-refractivity contribution < 1.29 is 47.8 Å². The van der Waals surface area contributed by atoms with Gasteiger partial charge in [-0.3, -0.25) is 43.3 Å². The molecule has 4 rings (SSSR count). The average Bonchev–Trinajstić information content (AvgIpc) is 3.25. The predicted octanol–water partition coefficient (Wildman–Crippen LogP) is -0.344. The van der Waals surface area contributed by atoms with Crippen LogP contribution in [0.5, 0.6) is 0 Å². The fourth-order valence-electron chi connectivity index (χ4n) is 6.96. The Balaban J connectivity index is 1.58. The largest absolute Gasteiger partial charge is 0.465 e. The fourth-order valence-corrected chi connectivity index (χ4v) is 6.96. The third-order valence-electron chi connectivity index (χ3n) is 10.4. The third kappa shape index (κ3) is 15.4. The van der Waals surface area contributed by atoms with E-state index in [-0.39, 0.29) is 77.1 Å². The smallest absolute Gasteiger partial charge is 0.305 e. The Morgan fingerprint density at radius 1 is 0.778 bits per heavy atom. The third-order valence-corrected chi connectivity index (χ3v) is 10.4. The van der Waals surface area contributed by atoms with Crippen molar-refractivity contribution in [3.05, 3.63) is 78.1 Å². The molecule has 19 nitrogen and oxygen atoms in total. The van der Waals surface area contributed by atoms with E-state index in [1.54, 1.807) is 12.1 Å². The van der Waals surface area contributed by atoms with Crippen LogP contribution in [0.25, 0.3) is 10.8 Å². The number of benzene rings is 2. The number of pyridine rings is 1. The van der Waals surface area contributed by atoms with Crippen molar-refractivity contribution in [2.75, 3.05) is 33.4 Å². The Morgan fingerprint density at radius 2 is 1.43 bits per heavy atom. The van der Waals surface area contributed by atoms with E-state index in [1.165, 1.54) is 19.4 Å². The first-order chi connectivity index (χ1) is 30.0. The molecule has 0 spiro atoms. The van der Waals surface area contributed by atoms with Crippen LogP contribution in [0.4, 0.5) is 0 Å². The molecule has 1 fully saturated rings. The summed E-state index contributed by atoms with van der Waals surface area (Å²) in [7, 11) is 1.33. The number of likely N-dealkylation sites (N-methyl/N-ethyl adjacent to an activating group) is 1. The predicted molar refractivity (Wildman–Crippen MR) is 231 cm³/mol. The molecule has 2 aromatic carbocycles. The van der Waals surface area contributed by atoms with Gasteiger partial charge in [0, 0.05) is 64.8 Å². The molecule has 7 amide bonds. The van der Waals surface area contributed by atoms with Crippen LogP contribution in [-0.4, -0.2) is 120 Å². The normalized spacial score (nSPS) is 15.2. The topological polar surface area (TPSA) is 297 Å². The van der Waals surface area contributed by atoms with Gasteiger partial charge in [0.2, 0.25) is 41.4 Å². The molecule has 4 atom stereocenters. The molecule has 0 radical (unpaired) electrons. The van der Waals surface area contributed by atoms with Gasteiger partial charge >= 0.3 is 5.97 Å². The number of nitrogens with one attached hydrogen (secondary N) is 4. The molecule has 1 aromatic heterocycles. The van der Waals surface area contributed by atoms with Crippen LogP contribution in [0, 0.1) is 5.92 Å². The summed E-state index contributed by atoms with van der Waals surface area (Å²) in [6.07, 6.45) is 1.85. The lowest BCUT2D eigenvalue weighted by molar-refractivity contribution is -0.146. The maximum atomic E-state index is 14.4. The van der Waals surface area contributed by atoms with Gasteiger partial charge in [0.25, 0.3) is 0 Å². The van der Waals surface area contributed by atoms with E-state index >= 15 is 0 Å². The van der Waals surface area contributed by atoms with E-state index in [4.69, 9.17) is 26.7 Å². The molecule has 0 bridgehead atoms. The van der Waals surface area contributed by atoms with Gasteiger partial charge in [-0.1, -0.05) is 62.4 Å². The number of aromatic nitrogens is 1. The van der Waals surface area contributed by atoms with Gasteiger partial charge < -0.3 is 52.8 Å². The zero-order chi connectivity index (χ0) is 46.1. The molecule has 63 heavy (non-hydrogen) atoms. The molecule has 2 heterocycles. The number of carbonyl (C=O) groups is 8. The van der Waals surface area contributed by atoms with E-state index in [0.29, 0.717) is 5.56 Å². The highest BCUT2D eigenvalue weighted by Crippen LogP contribution is 2.23. The molecule has 1 aliphatic rings. The second kappa shape index (κ2) is 23.7. The Hall–Kier alpha value is -6.47. The maximum Gasteiger partial charge on any atom is 0.305 e. The Morgan fingerprint density at radius 3 is 2.06 bits per heavy atom. The minimum Gasteiger partial charge on any atom is -0.465 e. The standard InChI is InChI=1S/C44H59N9O10/c1-27(2)26-63-38(56)15-13-34(51-43(61)44(16-19-62-20-17-44)52-39(57)32(45)22-28-10-11-30-8-4-5-9-31(30)21-28)41(59)49-33(12-14-36(46)54)40(58)50-35(23-29-7-6-18-48-24-29)42(60)53(3)25-37(47)55/h4-11,18,21,24,27,32-35H,12-17,19-20,22-23,25-26,45H2,1-3H3,(H2,46,54)(H2,47,55)(H,49,59)(H,50,58)(H,51,61)(H,52,57)/t32-,33-,34-,35-/m0/s1. The van der Waals surface area contributed by atoms with Crippen molar-refractivity contribution in [3.63, 3.8) is 0 Å². The minimum absolute atomic E-state index is 0.0197. The first-order valence-electron chi connectivity index (χ1n) is 20.9. The van der Waals surface area contributed by atoms with Crippen LogP contribution in [-0.2, 0) is 60.7 Å². The van der Waals surface area contributed by atoms with Crippen molar-refractivity contribution in [2.45, 2.75) is 94.9 Å². The van der Waals surface area contributed by atoms with Crippen molar-refractivity contribution in [1.29, 1.82) is 0 Å². The van der Waals surface area contributed by atoms with Crippen LogP contribution in [0.2, 0.25) is 0 Å². The second-order valence-electron chi connectivity index (χ2n) is 16.2. The van der Waals surface area contributed by atoms with Crippen molar-refractivity contribution >= 4 is 58.1 Å². The zero-order valence-electron chi connectivity index (χ0n) is 35.9. The lowest BCUT2D eigenvalue weighted by Gasteiger charge is -2.38. The van der Waals surface area contributed by atoms with Crippen LogP contribution in [0.15, 0.2) is 67.0 Å². The van der Waals surface area contributed by atoms with Crippen LogP contribution in [0.1, 0.15) is 63.5 Å². The number of primary amides is 2. The minimum atomic E-state index is -1.58. The van der Waals surface area contributed by atoms with E-state index in [0.717, 1.165) is 21.2 Å². The maximum absolute atomic E-state index is 14.4. The average molecular weight is 874 g/mol. The van der Waals surface area contributed by atoms with Gasteiger partial charge in [-0.05, 0) is 53.1 Å². The molecular weight excluding hydrogens is 815 g/mol. The Kier molecular flexibility index (Phi) is 18.5. The van der Waals surface area contributed by atoms with Crippen LogP contribution < -0.4 is 38.5 Å². The lowest BCUT2D eigenvalue weighted by atomic mass is 9.87. The number of hydrogen-bond acceptors (Lipinski definition) is 12. The van der Waals surface area contributed by atoms with E-state index in [9.17, 15) is 38.4 Å². The van der Waals surface area contributed by atoms with E-state index in [2.05, 4.69) is 26.3 Å². The molecule has 1 aliphatic heterocycles. The number of ether oxygens (including phenoxy) is 2. The number of carbonyl (C=O) groups excluding carboxylic acids is 8. The fraction of sp³-hybridized carbons (Fsp3) is 0.477. The summed E-state index contributed by atoms with van der Waals surface area (Å²) in [6.45, 7) is 3.54. The molecular formula is C44H59N9O10. The van der Waals surface area contributed by atoms with Crippen molar-refractivity contribution in [2.24, 2.45) is 23.1 Å². The number of esters is 1. The highest BCUT2D eigenvalue weighted by Gasteiger charge is 2.44. The van der Waals surface area contributed by atoms with Crippen molar-refractivity contribution in [3.8, 4) is 0 Å². The molecule has 3 aromatic rings. The number of nitrogens with two attached hydrogens (primary N) is 3. The summed E-state index contributed by atoms with van der Waals surface area (Å²) in [5.41, 5.74) is 16.9. The number of nitrogens with zero attached hydrogens (tertiary/aromatic N) is 2. The first-order valence-corrected chi connectivity index (χ1v) is 20.9. The Labute approximate surface area is 365 Å². The quantitative estimate of drug-likeness (QED) is 0.0603. The van der Waals surface area contributed by atoms with Gasteiger partial charge in [-0.2, -0.15) is 0 Å². The van der Waals surface area contributed by atoms with Gasteiger partial charge in [0.1, 0.15) is 23.7 Å². The van der Waals surface area contributed by atoms with E-state index < -0.39 is 83.6 Å². The summed E-state index contributed by atoms with van der Waals surface area (Å²) in [4.78, 5) is 111. The number of fused-ring (bicyclic) bond motifs is 1. The molecule has 10 N–H and O–H groups in total. The number of amides is 7. The van der Waals surface area contributed by atoms with Crippen LogP contribution >= 0.6 is 0 Å². The SMILES string of the molecule is CC(C)COC(=O)CC[C@H](NC(=O)C1(NC(=O)[C@@H](N)Cc2ccc3ccccc3c2)CCOCC1)C(=O)N[C@@H](CCC(N)=O)C(=O)N[C@@H](Cc1cccnc1)C(=O)N(C)CC(N)=O. The summed E-state index contributed by atoms with van der Waals surface area (Å²) < 4.78 is 10.9. The molecule has 19 heteroatoms. The summed E-state index contributed by atoms with van der Waals surface area (Å²) >= 11 is 0. The molecule has 0 saturated carbocycles. The highest BCUT2D eigenvalue weighted by molar-refractivity contribution is 5.98. The monoisotopic (exact) mass is 873 g/mol. The van der Waals surface area contributed by atoms with Gasteiger partial charge in [0.15, 0.2) is 0 Å². The zero-order valence-corrected chi connectivity index (χ0v) is 35.9. The number of hydrogen-bond donors (Lipinski definition) is 7. The summed E-state index contributed by atoms with van der Waals surface area (Å²) in [5, 5.41) is 12.7. The molecule has 340 valence electrons. The Bertz CT molecular complexity index is 2090. The van der Waals surface area contributed by atoms with Gasteiger partial charge in [-0.15, -0.1) is 0 Å². The van der Waals surface area contributed by atoms with Gasteiger partial charge in [-0.25, -0.2) is 0 Å². The van der Waals surface area contributed by atoms with Crippen molar-refractivity contribution in [1.82, 2.24) is 31.2 Å². The summed E-state index contributed by atoms with van der Waals surface area (Å²) in [5.74, 6) is -6.09. The van der Waals surface area contributed by atoms with E-state index in [1.807, 2.05) is 56.3 Å². The highest BCUT2D eigenvalue weighted by atomic mass is 16.5. The summed E-state index contributed by atoms with van der Waals surface area (Å²) in [6, 6.07) is 11.5. The molecule has 1 saturated heterocycles. The number of rotatable bonds is 23.